The van der Waals surface area contributed by atoms with Crippen molar-refractivity contribution in [1.29, 1.82) is 0 Å². The standard InChI is InChI=1S/C8H10O2/c1-6-5-7(10-2)3-4-8(6)9/h3-5,9H,1-2H3. The van der Waals surface area contributed by atoms with Gasteiger partial charge >= 0.3 is 0 Å². The predicted molar refractivity (Wildman–Crippen MR) is 39.4 cm³/mol. The summed E-state index contributed by atoms with van der Waals surface area (Å²) in [5.74, 6) is 1.08. The molecule has 2 nitrogen and oxygen atoms in total. The minimum Gasteiger partial charge on any atom is -0.508 e. The normalized spacial score (nSPS) is 9.40. The van der Waals surface area contributed by atoms with Crippen LogP contribution in [0.4, 0.5) is 0 Å². The Morgan fingerprint density at radius 2 is 2.10 bits per heavy atom. The van der Waals surface area contributed by atoms with E-state index in [1.807, 2.05) is 6.92 Å². The lowest BCUT2D eigenvalue weighted by atomic mass is 10.2. The highest BCUT2D eigenvalue weighted by atomic mass is 16.5. The molecule has 0 aliphatic rings. The number of hydrogen-bond acceptors (Lipinski definition) is 2. The average molecular weight is 138 g/mol. The maximum Gasteiger partial charge on any atom is 0.119 e. The molecule has 0 saturated carbocycles. The second-order valence-corrected chi connectivity index (χ2v) is 2.15. The van der Waals surface area contributed by atoms with Gasteiger partial charge in [-0.05, 0) is 30.7 Å². The molecule has 0 heterocycles. The monoisotopic (exact) mass is 138 g/mol. The molecular formula is C8H10O2. The van der Waals surface area contributed by atoms with Gasteiger partial charge in [-0.25, -0.2) is 0 Å². The van der Waals surface area contributed by atoms with Gasteiger partial charge in [-0.15, -0.1) is 0 Å². The highest BCUT2D eigenvalue weighted by Crippen LogP contribution is 2.20. The summed E-state index contributed by atoms with van der Waals surface area (Å²) in [5, 5.41) is 9.08. The lowest BCUT2D eigenvalue weighted by molar-refractivity contribution is 0.411. The molecule has 0 bridgehead atoms. The Labute approximate surface area is 60.1 Å². The molecule has 54 valence electrons. The molecule has 2 heteroatoms. The van der Waals surface area contributed by atoms with Crippen LogP contribution >= 0.6 is 0 Å². The Balaban J connectivity index is 3.04. The third kappa shape index (κ3) is 1.21. The first-order chi connectivity index (χ1) is 4.74. The minimum absolute atomic E-state index is 0.306. The van der Waals surface area contributed by atoms with Gasteiger partial charge in [-0.1, -0.05) is 0 Å². The van der Waals surface area contributed by atoms with E-state index in [4.69, 9.17) is 9.84 Å². The van der Waals surface area contributed by atoms with E-state index in [1.54, 1.807) is 25.3 Å². The van der Waals surface area contributed by atoms with Crippen LogP contribution in [0.5, 0.6) is 11.5 Å². The van der Waals surface area contributed by atoms with Gasteiger partial charge in [0.05, 0.1) is 7.11 Å². The van der Waals surface area contributed by atoms with Crippen LogP contribution in [0.25, 0.3) is 0 Å². The summed E-state index contributed by atoms with van der Waals surface area (Å²) in [5.41, 5.74) is 0.833. The number of phenols is 1. The highest BCUT2D eigenvalue weighted by molar-refractivity contribution is 5.37. The Morgan fingerprint density at radius 3 is 2.60 bits per heavy atom. The van der Waals surface area contributed by atoms with Gasteiger partial charge < -0.3 is 9.84 Å². The van der Waals surface area contributed by atoms with E-state index in [2.05, 4.69) is 0 Å². The van der Waals surface area contributed by atoms with E-state index in [0.717, 1.165) is 11.3 Å². The zero-order valence-corrected chi connectivity index (χ0v) is 6.09. The van der Waals surface area contributed by atoms with Crippen LogP contribution in [0.2, 0.25) is 0 Å². The van der Waals surface area contributed by atoms with E-state index in [-0.39, 0.29) is 0 Å². The van der Waals surface area contributed by atoms with Crippen molar-refractivity contribution in [3.05, 3.63) is 23.8 Å². The Morgan fingerprint density at radius 1 is 1.40 bits per heavy atom. The maximum atomic E-state index is 9.08. The third-order valence-electron chi connectivity index (χ3n) is 1.40. The van der Waals surface area contributed by atoms with Crippen molar-refractivity contribution in [2.45, 2.75) is 6.92 Å². The number of aromatic hydroxyl groups is 1. The average Bonchev–Trinajstić information content (AvgIpc) is 1.95. The van der Waals surface area contributed by atoms with Crippen LogP contribution in [-0.4, -0.2) is 12.2 Å². The van der Waals surface area contributed by atoms with Crippen LogP contribution in [0.15, 0.2) is 18.2 Å². The molecule has 0 unspecified atom stereocenters. The van der Waals surface area contributed by atoms with Crippen LogP contribution in [0.1, 0.15) is 5.56 Å². The second-order valence-electron chi connectivity index (χ2n) is 2.15. The summed E-state index contributed by atoms with van der Waals surface area (Å²) in [4.78, 5) is 0. The third-order valence-corrected chi connectivity index (χ3v) is 1.40. The molecule has 1 aromatic carbocycles. The SMILES string of the molecule is COc1ccc(O)c(C)c1. The van der Waals surface area contributed by atoms with Crippen LogP contribution in [0.3, 0.4) is 0 Å². The molecule has 0 amide bonds. The smallest absolute Gasteiger partial charge is 0.119 e. The van der Waals surface area contributed by atoms with E-state index in [1.165, 1.54) is 0 Å². The van der Waals surface area contributed by atoms with Crippen molar-refractivity contribution in [1.82, 2.24) is 0 Å². The van der Waals surface area contributed by atoms with Crippen LogP contribution in [0, 0.1) is 6.92 Å². The first-order valence-corrected chi connectivity index (χ1v) is 3.07. The van der Waals surface area contributed by atoms with Crippen molar-refractivity contribution in [3.63, 3.8) is 0 Å². The molecule has 0 spiro atoms. The van der Waals surface area contributed by atoms with Gasteiger partial charge in [-0.2, -0.15) is 0 Å². The number of rotatable bonds is 1. The molecular weight excluding hydrogens is 128 g/mol. The fourth-order valence-corrected chi connectivity index (χ4v) is 0.755. The zero-order chi connectivity index (χ0) is 7.56. The Kier molecular flexibility index (Phi) is 1.81. The van der Waals surface area contributed by atoms with Crippen LogP contribution in [-0.2, 0) is 0 Å². The topological polar surface area (TPSA) is 29.5 Å². The fourth-order valence-electron chi connectivity index (χ4n) is 0.755. The zero-order valence-electron chi connectivity index (χ0n) is 6.09. The van der Waals surface area contributed by atoms with E-state index in [9.17, 15) is 0 Å². The first kappa shape index (κ1) is 6.93. The van der Waals surface area contributed by atoms with Crippen molar-refractivity contribution >= 4 is 0 Å². The van der Waals surface area contributed by atoms with Crippen molar-refractivity contribution in [2.75, 3.05) is 7.11 Å². The van der Waals surface area contributed by atoms with Crippen molar-refractivity contribution in [3.8, 4) is 11.5 Å². The number of ether oxygens (including phenoxy) is 1. The molecule has 10 heavy (non-hydrogen) atoms. The summed E-state index contributed by atoms with van der Waals surface area (Å²) in [6.07, 6.45) is 0. The summed E-state index contributed by atoms with van der Waals surface area (Å²) in [6.45, 7) is 1.83. The van der Waals surface area contributed by atoms with E-state index >= 15 is 0 Å². The summed E-state index contributed by atoms with van der Waals surface area (Å²) in [7, 11) is 1.60. The number of benzene rings is 1. The van der Waals surface area contributed by atoms with Crippen LogP contribution < -0.4 is 4.74 Å². The summed E-state index contributed by atoms with van der Waals surface area (Å²) in [6, 6.07) is 5.13. The van der Waals surface area contributed by atoms with E-state index < -0.39 is 0 Å². The van der Waals surface area contributed by atoms with Gasteiger partial charge in [-0.3, -0.25) is 0 Å². The number of aryl methyl sites for hydroxylation is 1. The summed E-state index contributed by atoms with van der Waals surface area (Å²) < 4.78 is 4.94. The molecule has 1 N–H and O–H groups in total. The van der Waals surface area contributed by atoms with E-state index in [0.29, 0.717) is 5.75 Å². The molecule has 0 saturated heterocycles. The first-order valence-electron chi connectivity index (χ1n) is 3.07. The predicted octanol–water partition coefficient (Wildman–Crippen LogP) is 1.71. The maximum absolute atomic E-state index is 9.08. The fraction of sp³-hybridized carbons (Fsp3) is 0.250. The lowest BCUT2D eigenvalue weighted by Gasteiger charge is -2.01. The number of phenolic OH excluding ortho intramolecular Hbond substituents is 1. The Bertz CT molecular complexity index is 231. The van der Waals surface area contributed by atoms with Gasteiger partial charge in [0, 0.05) is 0 Å². The molecule has 1 rings (SSSR count). The Hall–Kier alpha value is -1.18. The molecule has 0 radical (unpaired) electrons. The molecule has 0 fully saturated rings. The highest BCUT2D eigenvalue weighted by Gasteiger charge is 1.95. The van der Waals surface area contributed by atoms with Gasteiger partial charge in [0.25, 0.3) is 0 Å². The molecule has 0 aliphatic carbocycles. The largest absolute Gasteiger partial charge is 0.508 e. The van der Waals surface area contributed by atoms with Gasteiger partial charge in [0.15, 0.2) is 0 Å². The van der Waals surface area contributed by atoms with Crippen molar-refractivity contribution in [2.24, 2.45) is 0 Å². The molecule has 0 aromatic heterocycles. The number of methoxy groups -OCH3 is 1. The van der Waals surface area contributed by atoms with Gasteiger partial charge in [0.2, 0.25) is 0 Å². The number of hydrogen-bond donors (Lipinski definition) is 1. The second kappa shape index (κ2) is 2.60. The quantitative estimate of drug-likeness (QED) is 0.640. The van der Waals surface area contributed by atoms with Crippen molar-refractivity contribution < 1.29 is 9.84 Å². The molecule has 0 atom stereocenters. The summed E-state index contributed by atoms with van der Waals surface area (Å²) >= 11 is 0. The molecule has 1 aromatic rings. The van der Waals surface area contributed by atoms with Gasteiger partial charge in [0.1, 0.15) is 11.5 Å². The lowest BCUT2D eigenvalue weighted by Crippen LogP contribution is -1.82. The minimum atomic E-state index is 0.306. The molecule has 0 aliphatic heterocycles.